The van der Waals surface area contributed by atoms with E-state index in [1.165, 1.54) is 9.75 Å². The predicted octanol–water partition coefficient (Wildman–Crippen LogP) is 6.83. The number of nitrogens with one attached hydrogen (secondary N) is 2. The van der Waals surface area contributed by atoms with E-state index in [1.54, 1.807) is 22.7 Å². The summed E-state index contributed by atoms with van der Waals surface area (Å²) in [5.41, 5.74) is 2.07. The molecule has 0 fully saturated rings. The van der Waals surface area contributed by atoms with Crippen LogP contribution >= 0.6 is 22.7 Å². The van der Waals surface area contributed by atoms with Crippen LogP contribution in [0.2, 0.25) is 0 Å². The van der Waals surface area contributed by atoms with Gasteiger partial charge < -0.3 is 15.4 Å². The molecule has 2 aromatic carbocycles. The van der Waals surface area contributed by atoms with Crippen molar-refractivity contribution in [2.45, 2.75) is 13.1 Å². The molecular formula is C22H20N2OS2. The van der Waals surface area contributed by atoms with Gasteiger partial charge in [0, 0.05) is 28.5 Å². The van der Waals surface area contributed by atoms with Gasteiger partial charge in [0.15, 0.2) is 5.75 Å². The maximum Gasteiger partial charge on any atom is 0.150 e. The van der Waals surface area contributed by atoms with Gasteiger partial charge in [0.05, 0.1) is 5.69 Å². The summed E-state index contributed by atoms with van der Waals surface area (Å²) in [7, 11) is 0. The highest BCUT2D eigenvalue weighted by Crippen LogP contribution is 2.30. The van der Waals surface area contributed by atoms with Crippen molar-refractivity contribution in [2.24, 2.45) is 0 Å². The van der Waals surface area contributed by atoms with Crippen LogP contribution in [0.5, 0.6) is 11.5 Å². The van der Waals surface area contributed by atoms with E-state index in [0.29, 0.717) is 0 Å². The molecule has 0 aliphatic carbocycles. The van der Waals surface area contributed by atoms with Crippen molar-refractivity contribution in [1.29, 1.82) is 0 Å². The Morgan fingerprint density at radius 1 is 0.667 bits per heavy atom. The molecule has 0 saturated heterocycles. The van der Waals surface area contributed by atoms with Crippen molar-refractivity contribution < 1.29 is 4.74 Å². The first kappa shape index (κ1) is 17.6. The largest absolute Gasteiger partial charge is 0.455 e. The SMILES string of the molecule is c1csc(CNc2ccc(Oc3ccccc3NCc3cccs3)cc2)c1. The lowest BCUT2D eigenvalue weighted by atomic mass is 10.2. The van der Waals surface area contributed by atoms with Gasteiger partial charge in [-0.25, -0.2) is 0 Å². The zero-order chi connectivity index (χ0) is 18.3. The zero-order valence-electron chi connectivity index (χ0n) is 14.7. The number of thiophene rings is 2. The quantitative estimate of drug-likeness (QED) is 0.345. The van der Waals surface area contributed by atoms with Crippen LogP contribution in [-0.2, 0) is 13.1 Å². The summed E-state index contributed by atoms with van der Waals surface area (Å²) in [6, 6.07) is 24.5. The third-order valence-corrected chi connectivity index (χ3v) is 5.80. The average Bonchev–Trinajstić information content (AvgIpc) is 3.41. The van der Waals surface area contributed by atoms with E-state index in [1.807, 2.05) is 48.5 Å². The summed E-state index contributed by atoms with van der Waals surface area (Å²) in [5.74, 6) is 1.65. The Balaban J connectivity index is 1.38. The van der Waals surface area contributed by atoms with E-state index in [0.717, 1.165) is 36.0 Å². The first-order valence-corrected chi connectivity index (χ1v) is 10.5. The van der Waals surface area contributed by atoms with Gasteiger partial charge in [-0.3, -0.25) is 0 Å². The van der Waals surface area contributed by atoms with Gasteiger partial charge in [0.25, 0.3) is 0 Å². The molecule has 0 aliphatic rings. The number of rotatable bonds is 8. The number of para-hydroxylation sites is 2. The molecule has 0 amide bonds. The van der Waals surface area contributed by atoms with E-state index in [-0.39, 0.29) is 0 Å². The Labute approximate surface area is 167 Å². The number of hydrogen-bond donors (Lipinski definition) is 2. The van der Waals surface area contributed by atoms with Crippen LogP contribution in [0.25, 0.3) is 0 Å². The average molecular weight is 393 g/mol. The molecular weight excluding hydrogens is 372 g/mol. The van der Waals surface area contributed by atoms with E-state index in [9.17, 15) is 0 Å². The summed E-state index contributed by atoms with van der Waals surface area (Å²) in [4.78, 5) is 2.62. The van der Waals surface area contributed by atoms with Gasteiger partial charge in [0.2, 0.25) is 0 Å². The second kappa shape index (κ2) is 8.75. The number of ether oxygens (including phenoxy) is 1. The van der Waals surface area contributed by atoms with Crippen molar-refractivity contribution in [3.63, 3.8) is 0 Å². The molecule has 0 aliphatic heterocycles. The van der Waals surface area contributed by atoms with Crippen molar-refractivity contribution in [3.05, 3.63) is 93.3 Å². The Hall–Kier alpha value is -2.76. The Morgan fingerprint density at radius 3 is 2.00 bits per heavy atom. The van der Waals surface area contributed by atoms with Crippen LogP contribution in [0.3, 0.4) is 0 Å². The van der Waals surface area contributed by atoms with Gasteiger partial charge in [-0.2, -0.15) is 0 Å². The molecule has 4 aromatic rings. The van der Waals surface area contributed by atoms with Gasteiger partial charge in [-0.15, -0.1) is 22.7 Å². The van der Waals surface area contributed by atoms with Crippen molar-refractivity contribution >= 4 is 34.0 Å². The summed E-state index contributed by atoms with van der Waals surface area (Å²) in [5, 5.41) is 11.1. The molecule has 0 saturated carbocycles. The maximum absolute atomic E-state index is 6.10. The Bertz CT molecular complexity index is 948. The van der Waals surface area contributed by atoms with Crippen LogP contribution in [-0.4, -0.2) is 0 Å². The minimum absolute atomic E-state index is 0.795. The summed E-state index contributed by atoms with van der Waals surface area (Å²) in [6.45, 7) is 1.64. The standard InChI is InChI=1S/C22H20N2OS2/c1-2-8-22(21(7-1)24-16-20-6-4-14-27-20)25-18-11-9-17(10-12-18)23-15-19-5-3-13-26-19/h1-14,23-24H,15-16H2. The van der Waals surface area contributed by atoms with Gasteiger partial charge in [-0.1, -0.05) is 24.3 Å². The third kappa shape index (κ3) is 4.90. The topological polar surface area (TPSA) is 33.3 Å². The molecule has 0 spiro atoms. The second-order valence-electron chi connectivity index (χ2n) is 5.99. The number of hydrogen-bond acceptors (Lipinski definition) is 5. The molecule has 0 atom stereocenters. The van der Waals surface area contributed by atoms with Crippen molar-refractivity contribution in [3.8, 4) is 11.5 Å². The van der Waals surface area contributed by atoms with Crippen LogP contribution in [0.4, 0.5) is 11.4 Å². The zero-order valence-corrected chi connectivity index (χ0v) is 16.4. The van der Waals surface area contributed by atoms with Crippen molar-refractivity contribution in [2.75, 3.05) is 10.6 Å². The van der Waals surface area contributed by atoms with Crippen molar-refractivity contribution in [1.82, 2.24) is 0 Å². The summed E-state index contributed by atoms with van der Waals surface area (Å²) < 4.78 is 6.10. The highest BCUT2D eigenvalue weighted by Gasteiger charge is 2.05. The normalized spacial score (nSPS) is 10.5. The Kier molecular flexibility index (Phi) is 5.72. The minimum Gasteiger partial charge on any atom is -0.455 e. The van der Waals surface area contributed by atoms with Gasteiger partial charge >= 0.3 is 0 Å². The van der Waals surface area contributed by atoms with E-state index >= 15 is 0 Å². The first-order chi connectivity index (χ1) is 13.4. The fourth-order valence-electron chi connectivity index (χ4n) is 2.67. The molecule has 0 unspecified atom stereocenters. The molecule has 2 heterocycles. The lowest BCUT2D eigenvalue weighted by molar-refractivity contribution is 0.484. The van der Waals surface area contributed by atoms with E-state index in [4.69, 9.17) is 4.74 Å². The lowest BCUT2D eigenvalue weighted by Crippen LogP contribution is -2.00. The number of benzene rings is 2. The monoisotopic (exact) mass is 392 g/mol. The second-order valence-corrected chi connectivity index (χ2v) is 8.05. The molecule has 0 bridgehead atoms. The third-order valence-electron chi connectivity index (χ3n) is 4.05. The first-order valence-electron chi connectivity index (χ1n) is 8.76. The lowest BCUT2D eigenvalue weighted by Gasteiger charge is -2.13. The van der Waals surface area contributed by atoms with E-state index < -0.39 is 0 Å². The summed E-state index contributed by atoms with van der Waals surface area (Å²) >= 11 is 3.51. The maximum atomic E-state index is 6.10. The predicted molar refractivity (Wildman–Crippen MR) is 116 cm³/mol. The van der Waals surface area contributed by atoms with E-state index in [2.05, 4.69) is 45.7 Å². The van der Waals surface area contributed by atoms with Crippen LogP contribution in [0.15, 0.2) is 83.6 Å². The number of anilines is 2. The highest BCUT2D eigenvalue weighted by atomic mass is 32.1. The molecule has 4 rings (SSSR count). The molecule has 2 N–H and O–H groups in total. The fraction of sp³-hybridized carbons (Fsp3) is 0.0909. The highest BCUT2D eigenvalue weighted by molar-refractivity contribution is 7.10. The minimum atomic E-state index is 0.795. The smallest absolute Gasteiger partial charge is 0.150 e. The summed E-state index contributed by atoms with van der Waals surface area (Å²) in [6.07, 6.45) is 0. The molecule has 5 heteroatoms. The molecule has 2 aromatic heterocycles. The van der Waals surface area contributed by atoms with Gasteiger partial charge in [-0.05, 0) is 59.3 Å². The molecule has 3 nitrogen and oxygen atoms in total. The Morgan fingerprint density at radius 2 is 1.33 bits per heavy atom. The molecule has 0 radical (unpaired) electrons. The van der Waals surface area contributed by atoms with Crippen LogP contribution < -0.4 is 15.4 Å². The molecule has 136 valence electrons. The fourth-order valence-corrected chi connectivity index (χ4v) is 3.96. The van der Waals surface area contributed by atoms with Crippen LogP contribution in [0, 0.1) is 0 Å². The van der Waals surface area contributed by atoms with Crippen LogP contribution in [0.1, 0.15) is 9.75 Å². The van der Waals surface area contributed by atoms with Gasteiger partial charge in [0.1, 0.15) is 5.75 Å². The molecule has 27 heavy (non-hydrogen) atoms.